The molecule has 0 aliphatic carbocycles. The highest BCUT2D eigenvalue weighted by molar-refractivity contribution is 5.92. The summed E-state index contributed by atoms with van der Waals surface area (Å²) < 4.78 is 21.6. The van der Waals surface area contributed by atoms with Crippen LogP contribution in [-0.4, -0.2) is 36.7 Å². The van der Waals surface area contributed by atoms with E-state index in [9.17, 15) is 19.7 Å². The molecule has 0 aliphatic heterocycles. The highest BCUT2D eigenvalue weighted by atomic mass is 16.6. The van der Waals surface area contributed by atoms with Gasteiger partial charge in [0, 0.05) is 11.6 Å². The zero-order valence-corrected chi connectivity index (χ0v) is 22.0. The van der Waals surface area contributed by atoms with Crippen LogP contribution in [0.4, 0.5) is 5.69 Å². The fraction of sp³-hybridized carbons (Fsp3) is 0.267. The van der Waals surface area contributed by atoms with Gasteiger partial charge < -0.3 is 18.9 Å². The van der Waals surface area contributed by atoms with Crippen LogP contribution in [0.25, 0.3) is 11.1 Å². The minimum absolute atomic E-state index is 0.149. The highest BCUT2D eigenvalue weighted by Gasteiger charge is 2.20. The summed E-state index contributed by atoms with van der Waals surface area (Å²) in [7, 11) is 0. The summed E-state index contributed by atoms with van der Waals surface area (Å²) in [5.41, 5.74) is 1.63. The molecule has 0 amide bonds. The van der Waals surface area contributed by atoms with Gasteiger partial charge in [-0.15, -0.1) is 0 Å². The lowest BCUT2D eigenvalue weighted by atomic mass is 10.0. The molecule has 0 unspecified atom stereocenters. The van der Waals surface area contributed by atoms with E-state index in [4.69, 9.17) is 18.9 Å². The van der Waals surface area contributed by atoms with Crippen LogP contribution in [0.1, 0.15) is 43.5 Å². The number of unbranched alkanes of at least 4 members (excludes halogenated alkanes) is 1. The molecule has 9 heteroatoms. The molecule has 39 heavy (non-hydrogen) atoms. The van der Waals surface area contributed by atoms with Gasteiger partial charge in [0.15, 0.2) is 0 Å². The first kappa shape index (κ1) is 28.9. The molecular weight excluding hydrogens is 502 g/mol. The van der Waals surface area contributed by atoms with Crippen LogP contribution in [0.2, 0.25) is 0 Å². The maximum atomic E-state index is 12.7. The number of nitro groups is 1. The monoisotopic (exact) mass is 533 g/mol. The van der Waals surface area contributed by atoms with Crippen molar-refractivity contribution in [2.45, 2.75) is 33.1 Å². The molecule has 0 heterocycles. The average molecular weight is 534 g/mol. The van der Waals surface area contributed by atoms with Crippen LogP contribution in [0, 0.1) is 10.1 Å². The number of rotatable bonds is 14. The van der Waals surface area contributed by atoms with E-state index in [1.807, 2.05) is 19.1 Å². The number of benzene rings is 3. The van der Waals surface area contributed by atoms with E-state index in [1.54, 1.807) is 37.3 Å². The summed E-state index contributed by atoms with van der Waals surface area (Å²) in [6, 6.07) is 18.0. The van der Waals surface area contributed by atoms with E-state index in [0.29, 0.717) is 42.9 Å². The lowest BCUT2D eigenvalue weighted by Crippen LogP contribution is -2.10. The van der Waals surface area contributed by atoms with Crippen molar-refractivity contribution < 1.29 is 33.5 Å². The van der Waals surface area contributed by atoms with Gasteiger partial charge in [0.1, 0.15) is 11.5 Å². The Bertz CT molecular complexity index is 1300. The molecular formula is C30H31NO8. The Hall–Kier alpha value is -4.66. The van der Waals surface area contributed by atoms with E-state index in [0.717, 1.165) is 17.7 Å². The lowest BCUT2D eigenvalue weighted by molar-refractivity contribution is -0.385. The second-order valence-electron chi connectivity index (χ2n) is 8.70. The Morgan fingerprint density at radius 1 is 0.846 bits per heavy atom. The van der Waals surface area contributed by atoms with Gasteiger partial charge in [-0.3, -0.25) is 10.1 Å². The third-order valence-corrected chi connectivity index (χ3v) is 5.50. The minimum atomic E-state index is -0.728. The fourth-order valence-electron chi connectivity index (χ4n) is 3.42. The smallest absolute Gasteiger partial charge is 0.343 e. The van der Waals surface area contributed by atoms with Crippen molar-refractivity contribution in [1.82, 2.24) is 0 Å². The summed E-state index contributed by atoms with van der Waals surface area (Å²) in [4.78, 5) is 35.1. The van der Waals surface area contributed by atoms with Crippen LogP contribution < -0.4 is 14.2 Å². The number of carbonyl (C=O) groups is 2. The molecule has 0 atom stereocenters. The zero-order chi connectivity index (χ0) is 28.2. The van der Waals surface area contributed by atoms with Crippen LogP contribution in [0.5, 0.6) is 17.2 Å². The molecule has 0 spiro atoms. The van der Waals surface area contributed by atoms with Crippen LogP contribution >= 0.6 is 0 Å². The van der Waals surface area contributed by atoms with Crippen molar-refractivity contribution in [1.29, 1.82) is 0 Å². The number of carbonyl (C=O) groups excluding carboxylic acids is 2. The Labute approximate surface area is 227 Å². The summed E-state index contributed by atoms with van der Waals surface area (Å²) in [6.07, 6.45) is 2.20. The molecule has 0 aliphatic rings. The number of ether oxygens (including phenoxy) is 4. The molecule has 3 aromatic carbocycles. The molecule has 0 saturated heterocycles. The van der Waals surface area contributed by atoms with E-state index < -0.39 is 16.9 Å². The number of nitro benzene ring substituents is 1. The summed E-state index contributed by atoms with van der Waals surface area (Å²) >= 11 is 0. The quantitative estimate of drug-likeness (QED) is 0.0572. The molecule has 204 valence electrons. The molecule has 0 radical (unpaired) electrons. The molecule has 0 saturated carbocycles. The van der Waals surface area contributed by atoms with Crippen molar-refractivity contribution in [3.05, 3.63) is 94.6 Å². The van der Waals surface area contributed by atoms with Crippen molar-refractivity contribution >= 4 is 17.6 Å². The Kier molecular flexibility index (Phi) is 10.6. The first-order chi connectivity index (χ1) is 18.8. The van der Waals surface area contributed by atoms with Gasteiger partial charge in [0.2, 0.25) is 5.75 Å². The largest absolute Gasteiger partial charge is 0.494 e. The van der Waals surface area contributed by atoms with Crippen LogP contribution in [0.15, 0.2) is 78.9 Å². The Morgan fingerprint density at radius 2 is 1.44 bits per heavy atom. The van der Waals surface area contributed by atoms with Crippen molar-refractivity contribution in [2.75, 3.05) is 19.8 Å². The Morgan fingerprint density at radius 3 is 2.05 bits per heavy atom. The maximum absolute atomic E-state index is 12.7. The number of esters is 2. The first-order valence-corrected chi connectivity index (χ1v) is 12.6. The topological polar surface area (TPSA) is 114 Å². The highest BCUT2D eigenvalue weighted by Crippen LogP contribution is 2.33. The molecule has 3 rings (SSSR count). The van der Waals surface area contributed by atoms with E-state index >= 15 is 0 Å². The molecule has 3 aromatic rings. The average Bonchev–Trinajstić information content (AvgIpc) is 2.94. The van der Waals surface area contributed by atoms with Crippen molar-refractivity contribution in [3.8, 4) is 28.4 Å². The van der Waals surface area contributed by atoms with E-state index in [-0.39, 0.29) is 23.6 Å². The molecule has 0 aromatic heterocycles. The second-order valence-corrected chi connectivity index (χ2v) is 8.70. The number of hydrogen-bond acceptors (Lipinski definition) is 8. The van der Waals surface area contributed by atoms with Crippen LogP contribution in [0.3, 0.4) is 0 Å². The summed E-state index contributed by atoms with van der Waals surface area (Å²) in [6.45, 7) is 8.43. The van der Waals surface area contributed by atoms with Gasteiger partial charge in [0.05, 0.1) is 30.3 Å². The second kappa shape index (κ2) is 14.3. The SMILES string of the molecule is C=C(C)C(=O)OCCCCOc1ccc(C(=O)Oc2ccc(-c3ccc(OCCC)cc3)cc2[N+](=O)[O-])cc1. The minimum Gasteiger partial charge on any atom is -0.494 e. The van der Waals surface area contributed by atoms with E-state index in [1.165, 1.54) is 24.3 Å². The van der Waals surface area contributed by atoms with Gasteiger partial charge in [-0.1, -0.05) is 31.7 Å². The molecule has 0 N–H and O–H groups in total. The summed E-state index contributed by atoms with van der Waals surface area (Å²) in [5.74, 6) is -0.0215. The van der Waals surface area contributed by atoms with Crippen molar-refractivity contribution in [3.63, 3.8) is 0 Å². The molecule has 0 fully saturated rings. The van der Waals surface area contributed by atoms with Crippen LogP contribution in [-0.2, 0) is 9.53 Å². The zero-order valence-electron chi connectivity index (χ0n) is 22.0. The predicted molar refractivity (Wildman–Crippen MR) is 146 cm³/mol. The van der Waals surface area contributed by atoms with Gasteiger partial charge in [-0.2, -0.15) is 0 Å². The Balaban J connectivity index is 1.57. The predicted octanol–water partition coefficient (Wildman–Crippen LogP) is 6.55. The summed E-state index contributed by atoms with van der Waals surface area (Å²) in [5, 5.41) is 11.7. The fourth-order valence-corrected chi connectivity index (χ4v) is 3.42. The maximum Gasteiger partial charge on any atom is 0.343 e. The molecule has 9 nitrogen and oxygen atoms in total. The lowest BCUT2D eigenvalue weighted by Gasteiger charge is -2.09. The number of hydrogen-bond donors (Lipinski definition) is 0. The molecule has 0 bridgehead atoms. The van der Waals surface area contributed by atoms with Gasteiger partial charge in [-0.05, 0) is 79.8 Å². The van der Waals surface area contributed by atoms with E-state index in [2.05, 4.69) is 6.58 Å². The third kappa shape index (κ3) is 8.70. The normalized spacial score (nSPS) is 10.4. The van der Waals surface area contributed by atoms with Crippen molar-refractivity contribution in [2.24, 2.45) is 0 Å². The first-order valence-electron chi connectivity index (χ1n) is 12.6. The standard InChI is InChI=1S/C30H31NO8/c1-4-17-36-25-12-7-22(8-13-25)24-11-16-28(27(20-24)31(34)35)39-30(33)23-9-14-26(15-10-23)37-18-5-6-19-38-29(32)21(2)3/h7-16,20H,2,4-6,17-19H2,1,3H3. The third-order valence-electron chi connectivity index (χ3n) is 5.50. The van der Waals surface area contributed by atoms with Gasteiger partial charge >= 0.3 is 17.6 Å². The van der Waals surface area contributed by atoms with Gasteiger partial charge in [0.25, 0.3) is 0 Å². The number of nitrogens with zero attached hydrogens (tertiary/aromatic N) is 1. The van der Waals surface area contributed by atoms with Gasteiger partial charge in [-0.25, -0.2) is 9.59 Å².